The summed E-state index contributed by atoms with van der Waals surface area (Å²) in [6.07, 6.45) is -4.40. The number of para-hydroxylation sites is 1. The number of carbonyl (C=O) groups is 1. The summed E-state index contributed by atoms with van der Waals surface area (Å²) in [5, 5.41) is 1.30. The van der Waals surface area contributed by atoms with E-state index in [0.29, 0.717) is 54.0 Å². The van der Waals surface area contributed by atoms with Gasteiger partial charge in [-0.3, -0.25) is 9.59 Å². The molecule has 0 aliphatic carbocycles. The SMILES string of the molecule is Cn1c(C(=O)N2CCN(c3cccc(C(F)(F)F)c3)CC2)cc2c(=O)[nH]c3ccccc3c21. The number of nitrogens with one attached hydrogen (secondary N) is 1. The number of hydrogen-bond acceptors (Lipinski definition) is 3. The quantitative estimate of drug-likeness (QED) is 0.498. The van der Waals surface area contributed by atoms with Crippen LogP contribution in [0.25, 0.3) is 21.8 Å². The lowest BCUT2D eigenvalue weighted by molar-refractivity contribution is -0.137. The topological polar surface area (TPSA) is 61.3 Å². The second-order valence-corrected chi connectivity index (χ2v) is 8.18. The van der Waals surface area contributed by atoms with Crippen molar-refractivity contribution in [2.24, 2.45) is 7.05 Å². The molecule has 0 saturated carbocycles. The number of aryl methyl sites for hydroxylation is 1. The number of benzene rings is 2. The van der Waals surface area contributed by atoms with Gasteiger partial charge in [0.2, 0.25) is 0 Å². The van der Waals surface area contributed by atoms with Gasteiger partial charge in [0.1, 0.15) is 5.69 Å². The zero-order valence-electron chi connectivity index (χ0n) is 17.8. The number of halogens is 3. The van der Waals surface area contributed by atoms with Crippen LogP contribution in [0, 0.1) is 0 Å². The molecule has 1 N–H and O–H groups in total. The highest BCUT2D eigenvalue weighted by atomic mass is 19.4. The molecule has 0 atom stereocenters. The molecule has 2 aromatic heterocycles. The molecule has 0 radical (unpaired) electrons. The van der Waals surface area contributed by atoms with Crippen molar-refractivity contribution in [3.63, 3.8) is 0 Å². The molecule has 0 unspecified atom stereocenters. The highest BCUT2D eigenvalue weighted by Crippen LogP contribution is 2.32. The highest BCUT2D eigenvalue weighted by molar-refractivity contribution is 6.07. The van der Waals surface area contributed by atoms with E-state index in [4.69, 9.17) is 0 Å². The molecule has 0 spiro atoms. The normalized spacial score (nSPS) is 14.9. The number of piperazine rings is 1. The van der Waals surface area contributed by atoms with Gasteiger partial charge in [-0.2, -0.15) is 13.2 Å². The van der Waals surface area contributed by atoms with Gasteiger partial charge in [-0.25, -0.2) is 0 Å². The van der Waals surface area contributed by atoms with Crippen molar-refractivity contribution in [2.75, 3.05) is 31.1 Å². The summed E-state index contributed by atoms with van der Waals surface area (Å²) >= 11 is 0. The van der Waals surface area contributed by atoms with E-state index in [1.807, 2.05) is 29.2 Å². The van der Waals surface area contributed by atoms with Gasteiger partial charge in [-0.05, 0) is 30.3 Å². The molecule has 1 aliphatic rings. The average molecular weight is 454 g/mol. The molecular weight excluding hydrogens is 433 g/mol. The predicted octanol–water partition coefficient (Wildman–Crippen LogP) is 4.00. The molecule has 6 nitrogen and oxygen atoms in total. The third kappa shape index (κ3) is 3.63. The smallest absolute Gasteiger partial charge is 0.368 e. The first kappa shape index (κ1) is 21.1. The fraction of sp³-hybridized carbons (Fsp3) is 0.250. The molecule has 9 heteroatoms. The number of alkyl halides is 3. The largest absolute Gasteiger partial charge is 0.416 e. The van der Waals surface area contributed by atoms with Gasteiger partial charge in [0.05, 0.1) is 22.0 Å². The predicted molar refractivity (Wildman–Crippen MR) is 121 cm³/mol. The first-order chi connectivity index (χ1) is 15.7. The molecule has 33 heavy (non-hydrogen) atoms. The summed E-state index contributed by atoms with van der Waals surface area (Å²) < 4.78 is 40.9. The second-order valence-electron chi connectivity index (χ2n) is 8.18. The summed E-state index contributed by atoms with van der Waals surface area (Å²) in [6, 6.07) is 14.3. The third-order valence-electron chi connectivity index (χ3n) is 6.23. The Morgan fingerprint density at radius 2 is 1.67 bits per heavy atom. The monoisotopic (exact) mass is 454 g/mol. The standard InChI is InChI=1S/C24H21F3N4O2/c1-29-20(14-18-21(29)17-7-2-3-8-19(17)28-22(18)32)23(33)31-11-9-30(10-12-31)16-6-4-5-15(13-16)24(25,26)27/h2-8,13-14H,9-12H2,1H3,(H,28,32). The molecule has 170 valence electrons. The molecular formula is C24H21F3N4O2. The number of anilines is 1. The summed E-state index contributed by atoms with van der Waals surface area (Å²) in [6.45, 7) is 1.57. The molecule has 1 amide bonds. The number of amides is 1. The van der Waals surface area contributed by atoms with Crippen molar-refractivity contribution in [3.05, 3.63) is 76.2 Å². The van der Waals surface area contributed by atoms with Gasteiger partial charge in [0.15, 0.2) is 0 Å². The molecule has 3 heterocycles. The number of pyridine rings is 1. The van der Waals surface area contributed by atoms with Gasteiger partial charge in [-0.1, -0.05) is 24.3 Å². The Labute approximate surface area is 186 Å². The Kier molecular flexibility index (Phi) is 4.92. The Bertz CT molecular complexity index is 1430. The maximum atomic E-state index is 13.3. The number of H-pyrrole nitrogens is 1. The van der Waals surface area contributed by atoms with E-state index in [2.05, 4.69) is 4.98 Å². The zero-order chi connectivity index (χ0) is 23.3. The van der Waals surface area contributed by atoms with Crippen LogP contribution in [0.2, 0.25) is 0 Å². The number of aromatic nitrogens is 2. The lowest BCUT2D eigenvalue weighted by Gasteiger charge is -2.36. The molecule has 4 aromatic rings. The fourth-order valence-electron chi connectivity index (χ4n) is 4.50. The van der Waals surface area contributed by atoms with Crippen LogP contribution in [0.3, 0.4) is 0 Å². The Balaban J connectivity index is 1.40. The molecule has 2 aromatic carbocycles. The lowest BCUT2D eigenvalue weighted by Crippen LogP contribution is -2.49. The van der Waals surface area contributed by atoms with Gasteiger partial charge < -0.3 is 19.4 Å². The minimum atomic E-state index is -4.40. The minimum Gasteiger partial charge on any atom is -0.368 e. The minimum absolute atomic E-state index is 0.208. The molecule has 0 bridgehead atoms. The Hall–Kier alpha value is -3.75. The van der Waals surface area contributed by atoms with Crippen LogP contribution >= 0.6 is 0 Å². The van der Waals surface area contributed by atoms with Gasteiger partial charge in [-0.15, -0.1) is 0 Å². The van der Waals surface area contributed by atoms with E-state index >= 15 is 0 Å². The molecule has 5 rings (SSSR count). The van der Waals surface area contributed by atoms with Crippen molar-refractivity contribution in [1.29, 1.82) is 0 Å². The first-order valence-electron chi connectivity index (χ1n) is 10.6. The molecule has 1 saturated heterocycles. The maximum Gasteiger partial charge on any atom is 0.416 e. The van der Waals surface area contributed by atoms with E-state index in [1.54, 1.807) is 28.6 Å². The van der Waals surface area contributed by atoms with Crippen molar-refractivity contribution < 1.29 is 18.0 Å². The van der Waals surface area contributed by atoms with Crippen LogP contribution in [0.4, 0.5) is 18.9 Å². The average Bonchev–Trinajstić information content (AvgIpc) is 3.16. The van der Waals surface area contributed by atoms with E-state index in [9.17, 15) is 22.8 Å². The van der Waals surface area contributed by atoms with E-state index in [-0.39, 0.29) is 11.5 Å². The van der Waals surface area contributed by atoms with Crippen molar-refractivity contribution >= 4 is 33.4 Å². The summed E-state index contributed by atoms with van der Waals surface area (Å²) in [4.78, 5) is 32.2. The maximum absolute atomic E-state index is 13.3. The highest BCUT2D eigenvalue weighted by Gasteiger charge is 2.31. The zero-order valence-corrected chi connectivity index (χ0v) is 17.8. The van der Waals surface area contributed by atoms with Crippen LogP contribution in [0.15, 0.2) is 59.4 Å². The molecule has 1 aliphatic heterocycles. The number of carbonyl (C=O) groups excluding carboxylic acids is 1. The van der Waals surface area contributed by atoms with Crippen LogP contribution < -0.4 is 10.5 Å². The Morgan fingerprint density at radius 1 is 0.939 bits per heavy atom. The van der Waals surface area contributed by atoms with Crippen LogP contribution in [-0.2, 0) is 13.2 Å². The van der Waals surface area contributed by atoms with Gasteiger partial charge >= 0.3 is 6.18 Å². The van der Waals surface area contributed by atoms with E-state index in [0.717, 1.165) is 17.5 Å². The number of rotatable bonds is 2. The third-order valence-corrected chi connectivity index (χ3v) is 6.23. The van der Waals surface area contributed by atoms with Gasteiger partial charge in [0.25, 0.3) is 11.5 Å². The lowest BCUT2D eigenvalue weighted by atomic mass is 10.1. The summed E-state index contributed by atoms with van der Waals surface area (Å²) in [7, 11) is 1.76. The van der Waals surface area contributed by atoms with Crippen LogP contribution in [0.1, 0.15) is 16.1 Å². The van der Waals surface area contributed by atoms with Crippen LogP contribution in [-0.4, -0.2) is 46.5 Å². The van der Waals surface area contributed by atoms with Crippen LogP contribution in [0.5, 0.6) is 0 Å². The first-order valence-corrected chi connectivity index (χ1v) is 10.6. The molecule has 1 fully saturated rings. The number of fused-ring (bicyclic) bond motifs is 3. The Morgan fingerprint density at radius 3 is 2.39 bits per heavy atom. The van der Waals surface area contributed by atoms with E-state index in [1.165, 1.54) is 6.07 Å². The van der Waals surface area contributed by atoms with Crippen molar-refractivity contribution in [1.82, 2.24) is 14.5 Å². The number of aromatic amines is 1. The second kappa shape index (κ2) is 7.68. The summed E-state index contributed by atoms with van der Waals surface area (Å²) in [5.74, 6) is -0.208. The van der Waals surface area contributed by atoms with Crippen molar-refractivity contribution in [3.8, 4) is 0 Å². The van der Waals surface area contributed by atoms with E-state index < -0.39 is 11.7 Å². The number of nitrogens with zero attached hydrogens (tertiary/aromatic N) is 3. The van der Waals surface area contributed by atoms with Gasteiger partial charge in [0, 0.05) is 44.3 Å². The summed E-state index contributed by atoms with van der Waals surface area (Å²) in [5.41, 5.74) is 1.34. The van der Waals surface area contributed by atoms with Crippen molar-refractivity contribution in [2.45, 2.75) is 6.18 Å². The number of hydrogen-bond donors (Lipinski definition) is 1. The fourth-order valence-corrected chi connectivity index (χ4v) is 4.50.